The first-order valence-corrected chi connectivity index (χ1v) is 7.66. The van der Waals surface area contributed by atoms with Crippen molar-refractivity contribution in [1.82, 2.24) is 9.97 Å². The van der Waals surface area contributed by atoms with E-state index >= 15 is 0 Å². The first kappa shape index (κ1) is 15.2. The summed E-state index contributed by atoms with van der Waals surface area (Å²) in [5.41, 5.74) is 2.07. The van der Waals surface area contributed by atoms with E-state index < -0.39 is 0 Å². The molecule has 1 atom stereocenters. The van der Waals surface area contributed by atoms with Crippen LogP contribution in [0.5, 0.6) is 0 Å². The van der Waals surface area contributed by atoms with Crippen LogP contribution in [-0.4, -0.2) is 29.1 Å². The molecule has 0 saturated carbocycles. The summed E-state index contributed by atoms with van der Waals surface area (Å²) in [6.45, 7) is 3.52. The van der Waals surface area contributed by atoms with Crippen LogP contribution in [0.15, 0.2) is 30.5 Å². The van der Waals surface area contributed by atoms with Gasteiger partial charge in [-0.3, -0.25) is 0 Å². The molecular weight excluding hydrogens is 293 g/mol. The lowest BCUT2D eigenvalue weighted by molar-refractivity contribution is 0.526. The monoisotopic (exact) mass is 311 g/mol. The maximum atomic E-state index is 13.3. The minimum Gasteiger partial charge on any atom is -0.368 e. The van der Waals surface area contributed by atoms with Gasteiger partial charge in [0.2, 0.25) is 5.95 Å². The minimum absolute atomic E-state index is 0.196. The van der Waals surface area contributed by atoms with Crippen LogP contribution in [0, 0.1) is 24.1 Å². The van der Waals surface area contributed by atoms with Gasteiger partial charge in [0.1, 0.15) is 11.9 Å². The van der Waals surface area contributed by atoms with Crippen molar-refractivity contribution in [2.45, 2.75) is 25.8 Å². The van der Waals surface area contributed by atoms with Crippen molar-refractivity contribution in [3.63, 3.8) is 0 Å². The molecule has 0 aliphatic carbocycles. The zero-order chi connectivity index (χ0) is 16.2. The number of piperidine rings is 1. The quantitative estimate of drug-likeness (QED) is 0.944. The second-order valence-electron chi connectivity index (χ2n) is 5.72. The molecule has 1 saturated heterocycles. The largest absolute Gasteiger partial charge is 0.368 e. The van der Waals surface area contributed by atoms with Crippen molar-refractivity contribution in [3.8, 4) is 6.07 Å². The number of aromatic nitrogens is 2. The number of anilines is 2. The van der Waals surface area contributed by atoms with E-state index in [9.17, 15) is 9.65 Å². The lowest BCUT2D eigenvalue weighted by atomic mass is 10.0. The summed E-state index contributed by atoms with van der Waals surface area (Å²) in [4.78, 5) is 10.7. The molecule has 1 N–H and O–H groups in total. The Morgan fingerprint density at radius 3 is 3.04 bits per heavy atom. The van der Waals surface area contributed by atoms with Crippen LogP contribution in [0.4, 0.5) is 16.0 Å². The summed E-state index contributed by atoms with van der Waals surface area (Å²) in [6, 6.07) is 8.50. The number of benzene rings is 1. The third kappa shape index (κ3) is 3.57. The fourth-order valence-electron chi connectivity index (χ4n) is 2.89. The molecule has 1 aromatic heterocycles. The zero-order valence-electron chi connectivity index (χ0n) is 13.0. The molecule has 23 heavy (non-hydrogen) atoms. The van der Waals surface area contributed by atoms with Gasteiger partial charge >= 0.3 is 0 Å². The summed E-state index contributed by atoms with van der Waals surface area (Å²) in [5, 5.41) is 12.6. The van der Waals surface area contributed by atoms with Gasteiger partial charge in [-0.05, 0) is 44.0 Å². The lowest BCUT2D eigenvalue weighted by Gasteiger charge is -2.35. The van der Waals surface area contributed by atoms with Crippen LogP contribution in [0.3, 0.4) is 0 Å². The van der Waals surface area contributed by atoms with Crippen LogP contribution < -0.4 is 10.2 Å². The molecule has 1 aliphatic heterocycles. The number of hydrogen-bond donors (Lipinski definition) is 1. The van der Waals surface area contributed by atoms with Crippen LogP contribution in [-0.2, 0) is 0 Å². The highest BCUT2D eigenvalue weighted by molar-refractivity contribution is 5.60. The molecule has 1 unspecified atom stereocenters. The van der Waals surface area contributed by atoms with Crippen LogP contribution in [0.2, 0.25) is 0 Å². The molecule has 0 amide bonds. The van der Waals surface area contributed by atoms with Crippen LogP contribution in [0.1, 0.15) is 24.1 Å². The predicted molar refractivity (Wildman–Crippen MR) is 86.7 cm³/mol. The van der Waals surface area contributed by atoms with E-state index in [0.717, 1.165) is 37.3 Å². The van der Waals surface area contributed by atoms with E-state index in [-0.39, 0.29) is 11.9 Å². The number of aryl methyl sites for hydroxylation is 1. The summed E-state index contributed by atoms with van der Waals surface area (Å²) in [6.07, 6.45) is 3.74. The summed E-state index contributed by atoms with van der Waals surface area (Å²) in [5.74, 6) is 0.238. The number of halogens is 1. The standard InChI is InChI=1S/C17H18FN5/c1-12-6-7-20-17(21-12)22-15-3-2-8-23(11-15)16-5-4-14(18)9-13(16)10-19/h4-7,9,15H,2-3,8,11H2,1H3,(H,20,21,22). The van der Waals surface area contributed by atoms with Gasteiger partial charge in [-0.1, -0.05) is 0 Å². The Morgan fingerprint density at radius 1 is 1.39 bits per heavy atom. The topological polar surface area (TPSA) is 64.8 Å². The van der Waals surface area contributed by atoms with Gasteiger partial charge in [-0.15, -0.1) is 0 Å². The minimum atomic E-state index is -0.384. The number of hydrogen-bond acceptors (Lipinski definition) is 5. The molecule has 0 radical (unpaired) electrons. The lowest BCUT2D eigenvalue weighted by Crippen LogP contribution is -2.42. The van der Waals surface area contributed by atoms with Gasteiger partial charge in [0, 0.05) is 31.0 Å². The van der Waals surface area contributed by atoms with Crippen molar-refractivity contribution >= 4 is 11.6 Å². The van der Waals surface area contributed by atoms with Crippen LogP contribution in [0.25, 0.3) is 0 Å². The second kappa shape index (κ2) is 6.61. The van der Waals surface area contributed by atoms with Gasteiger partial charge in [0.25, 0.3) is 0 Å². The Hall–Kier alpha value is -2.68. The van der Waals surface area contributed by atoms with Gasteiger partial charge in [-0.2, -0.15) is 5.26 Å². The molecule has 1 aliphatic rings. The first-order chi connectivity index (χ1) is 11.2. The molecule has 0 spiro atoms. The van der Waals surface area contributed by atoms with Gasteiger partial charge in [-0.25, -0.2) is 14.4 Å². The molecule has 1 aromatic carbocycles. The highest BCUT2D eigenvalue weighted by Crippen LogP contribution is 2.25. The van der Waals surface area contributed by atoms with E-state index in [2.05, 4.69) is 26.3 Å². The molecule has 1 fully saturated rings. The number of rotatable bonds is 3. The molecule has 0 bridgehead atoms. The highest BCUT2D eigenvalue weighted by atomic mass is 19.1. The highest BCUT2D eigenvalue weighted by Gasteiger charge is 2.22. The first-order valence-electron chi connectivity index (χ1n) is 7.66. The smallest absolute Gasteiger partial charge is 0.223 e. The number of nitriles is 1. The molecule has 3 rings (SSSR count). The Morgan fingerprint density at radius 2 is 2.26 bits per heavy atom. The molecule has 118 valence electrons. The Balaban J connectivity index is 1.75. The number of nitrogens with one attached hydrogen (secondary N) is 1. The van der Waals surface area contributed by atoms with E-state index in [0.29, 0.717) is 11.5 Å². The van der Waals surface area contributed by atoms with E-state index in [1.54, 1.807) is 12.3 Å². The Kier molecular flexibility index (Phi) is 4.38. The average molecular weight is 311 g/mol. The van der Waals surface area contributed by atoms with Gasteiger partial charge in [0.15, 0.2) is 0 Å². The maximum absolute atomic E-state index is 13.3. The van der Waals surface area contributed by atoms with Crippen molar-refractivity contribution in [1.29, 1.82) is 5.26 Å². The van der Waals surface area contributed by atoms with Crippen molar-refractivity contribution < 1.29 is 4.39 Å². The van der Waals surface area contributed by atoms with Crippen molar-refractivity contribution in [3.05, 3.63) is 47.5 Å². The van der Waals surface area contributed by atoms with Gasteiger partial charge in [0.05, 0.1) is 11.3 Å². The number of nitrogens with zero attached hydrogens (tertiary/aromatic N) is 4. The average Bonchev–Trinajstić information content (AvgIpc) is 2.55. The molecule has 2 aromatic rings. The summed E-state index contributed by atoms with van der Waals surface area (Å²) < 4.78 is 13.3. The van der Waals surface area contributed by atoms with Gasteiger partial charge < -0.3 is 10.2 Å². The predicted octanol–water partition coefficient (Wildman–Crippen LogP) is 2.88. The SMILES string of the molecule is Cc1ccnc(NC2CCCN(c3ccc(F)cc3C#N)C2)n1. The third-order valence-electron chi connectivity index (χ3n) is 3.97. The van der Waals surface area contributed by atoms with E-state index in [1.807, 2.05) is 13.0 Å². The normalized spacial score (nSPS) is 17.6. The molecule has 6 heteroatoms. The molecule has 2 heterocycles. The zero-order valence-corrected chi connectivity index (χ0v) is 13.0. The van der Waals surface area contributed by atoms with Crippen molar-refractivity contribution in [2.24, 2.45) is 0 Å². The van der Waals surface area contributed by atoms with E-state index in [4.69, 9.17) is 0 Å². The molecule has 5 nitrogen and oxygen atoms in total. The Bertz CT molecular complexity index is 740. The Labute approximate surface area is 134 Å². The summed E-state index contributed by atoms with van der Waals surface area (Å²) >= 11 is 0. The fourth-order valence-corrected chi connectivity index (χ4v) is 2.89. The summed E-state index contributed by atoms with van der Waals surface area (Å²) in [7, 11) is 0. The fraction of sp³-hybridized carbons (Fsp3) is 0.353. The van der Waals surface area contributed by atoms with Crippen LogP contribution >= 0.6 is 0 Å². The second-order valence-corrected chi connectivity index (χ2v) is 5.72. The molecular formula is C17H18FN5. The van der Waals surface area contributed by atoms with E-state index in [1.165, 1.54) is 12.1 Å². The van der Waals surface area contributed by atoms with Crippen molar-refractivity contribution in [2.75, 3.05) is 23.3 Å². The third-order valence-corrected chi connectivity index (χ3v) is 3.97. The maximum Gasteiger partial charge on any atom is 0.223 e.